The fraction of sp³-hybridized carbons (Fsp3) is 0.611. The van der Waals surface area contributed by atoms with Crippen molar-refractivity contribution in [1.82, 2.24) is 4.90 Å². The molecule has 2 heterocycles. The van der Waals surface area contributed by atoms with E-state index in [2.05, 4.69) is 30.1 Å². The van der Waals surface area contributed by atoms with Crippen molar-refractivity contribution in [2.24, 2.45) is 5.41 Å². The van der Waals surface area contributed by atoms with Gasteiger partial charge < -0.3 is 10.2 Å². The van der Waals surface area contributed by atoms with Crippen LogP contribution in [0.2, 0.25) is 0 Å². The normalized spacial score (nSPS) is 20.0. The Hall–Kier alpha value is -1.51. The Morgan fingerprint density at radius 2 is 2.14 bits per heavy atom. The number of benzene rings is 1. The average molecular weight is 286 g/mol. The van der Waals surface area contributed by atoms with Gasteiger partial charge in [-0.3, -0.25) is 4.79 Å². The number of aryl methyl sites for hydroxylation is 1. The molecule has 0 radical (unpaired) electrons. The first kappa shape index (κ1) is 14.4. The van der Waals surface area contributed by atoms with Crippen LogP contribution in [0.1, 0.15) is 55.5 Å². The van der Waals surface area contributed by atoms with E-state index in [-0.39, 0.29) is 5.91 Å². The van der Waals surface area contributed by atoms with Gasteiger partial charge in [-0.25, -0.2) is 0 Å². The number of hydrogen-bond donors (Lipinski definition) is 1. The fourth-order valence-electron chi connectivity index (χ4n) is 3.79. The van der Waals surface area contributed by atoms with E-state index in [1.54, 1.807) is 0 Å². The third kappa shape index (κ3) is 2.54. The van der Waals surface area contributed by atoms with Crippen molar-refractivity contribution >= 4 is 11.6 Å². The number of rotatable bonds is 3. The molecule has 0 saturated carbocycles. The van der Waals surface area contributed by atoms with Gasteiger partial charge in [-0.05, 0) is 49.1 Å². The van der Waals surface area contributed by atoms with E-state index in [0.717, 1.165) is 50.1 Å². The van der Waals surface area contributed by atoms with Crippen molar-refractivity contribution in [1.29, 1.82) is 0 Å². The minimum absolute atomic E-state index is 0.213. The van der Waals surface area contributed by atoms with Crippen LogP contribution in [0.3, 0.4) is 0 Å². The number of carbonyl (C=O) groups is 1. The summed E-state index contributed by atoms with van der Waals surface area (Å²) in [5.74, 6) is 0.213. The summed E-state index contributed by atoms with van der Waals surface area (Å²) < 4.78 is 0. The maximum absolute atomic E-state index is 12.9. The molecule has 3 heteroatoms. The Balaban J connectivity index is 1.84. The molecule has 1 aromatic rings. The van der Waals surface area contributed by atoms with Crippen LogP contribution < -0.4 is 5.32 Å². The van der Waals surface area contributed by atoms with Crippen LogP contribution in [0.4, 0.5) is 5.69 Å². The number of nitrogens with zero attached hydrogens (tertiary/aromatic N) is 1. The van der Waals surface area contributed by atoms with Crippen molar-refractivity contribution in [2.75, 3.05) is 25.0 Å². The molecule has 1 saturated heterocycles. The third-order valence-corrected chi connectivity index (χ3v) is 5.53. The van der Waals surface area contributed by atoms with E-state index in [0.29, 0.717) is 5.41 Å². The van der Waals surface area contributed by atoms with Crippen LogP contribution >= 0.6 is 0 Å². The standard InChI is InChI=1S/C18H26N2O/c1-3-18(4-2)10-12-20(13-18)17(21)15-9-5-7-14-8-6-11-19-16(14)15/h5,7,9,19H,3-4,6,8,10-13H2,1-2H3. The average Bonchev–Trinajstić information content (AvgIpc) is 2.99. The van der Waals surface area contributed by atoms with Crippen LogP contribution in [0, 0.1) is 5.41 Å². The van der Waals surface area contributed by atoms with Crippen molar-refractivity contribution in [3.63, 3.8) is 0 Å². The van der Waals surface area contributed by atoms with Crippen LogP contribution in [-0.2, 0) is 6.42 Å². The van der Waals surface area contributed by atoms with Gasteiger partial charge in [0, 0.05) is 19.6 Å². The van der Waals surface area contributed by atoms with Gasteiger partial charge in [0.05, 0.1) is 11.3 Å². The second-order valence-corrected chi connectivity index (χ2v) is 6.55. The number of nitrogens with one attached hydrogen (secondary N) is 1. The van der Waals surface area contributed by atoms with Gasteiger partial charge in [0.2, 0.25) is 0 Å². The number of fused-ring (bicyclic) bond motifs is 1. The summed E-state index contributed by atoms with van der Waals surface area (Å²) in [5, 5.41) is 3.44. The van der Waals surface area contributed by atoms with E-state index in [4.69, 9.17) is 0 Å². The molecule has 21 heavy (non-hydrogen) atoms. The fourth-order valence-corrected chi connectivity index (χ4v) is 3.79. The number of likely N-dealkylation sites (tertiary alicyclic amines) is 1. The molecule has 1 aromatic carbocycles. The van der Waals surface area contributed by atoms with Gasteiger partial charge in [-0.1, -0.05) is 26.0 Å². The summed E-state index contributed by atoms with van der Waals surface area (Å²) >= 11 is 0. The Bertz CT molecular complexity index is 534. The van der Waals surface area contributed by atoms with Crippen molar-refractivity contribution in [3.8, 4) is 0 Å². The highest BCUT2D eigenvalue weighted by Crippen LogP contribution is 2.38. The molecule has 2 aliphatic heterocycles. The number of carbonyl (C=O) groups excluding carboxylic acids is 1. The molecule has 0 spiro atoms. The molecule has 0 bridgehead atoms. The minimum Gasteiger partial charge on any atom is -0.384 e. The molecule has 1 N–H and O–H groups in total. The van der Waals surface area contributed by atoms with Gasteiger partial charge in [0.1, 0.15) is 0 Å². The SMILES string of the molecule is CCC1(CC)CCN(C(=O)c2cccc3c2NCCC3)C1. The number of anilines is 1. The minimum atomic E-state index is 0.213. The maximum atomic E-state index is 12.9. The molecule has 0 unspecified atom stereocenters. The molecule has 3 nitrogen and oxygen atoms in total. The van der Waals surface area contributed by atoms with Gasteiger partial charge in [-0.15, -0.1) is 0 Å². The van der Waals surface area contributed by atoms with Crippen molar-refractivity contribution in [3.05, 3.63) is 29.3 Å². The molecule has 0 aliphatic carbocycles. The summed E-state index contributed by atoms with van der Waals surface area (Å²) in [4.78, 5) is 15.0. The maximum Gasteiger partial charge on any atom is 0.255 e. The Labute approximate surface area is 127 Å². The summed E-state index contributed by atoms with van der Waals surface area (Å²) in [6.07, 6.45) is 5.71. The second-order valence-electron chi connectivity index (χ2n) is 6.55. The number of amides is 1. The summed E-state index contributed by atoms with van der Waals surface area (Å²) in [7, 11) is 0. The highest BCUT2D eigenvalue weighted by Gasteiger charge is 2.37. The number of hydrogen-bond acceptors (Lipinski definition) is 2. The quantitative estimate of drug-likeness (QED) is 0.919. The van der Waals surface area contributed by atoms with Crippen molar-refractivity contribution in [2.45, 2.75) is 46.0 Å². The van der Waals surface area contributed by atoms with Gasteiger partial charge >= 0.3 is 0 Å². The van der Waals surface area contributed by atoms with E-state index in [1.807, 2.05) is 12.1 Å². The molecule has 114 valence electrons. The Kier molecular flexibility index (Phi) is 3.92. The lowest BCUT2D eigenvalue weighted by molar-refractivity contribution is 0.0770. The molecular formula is C18H26N2O. The van der Waals surface area contributed by atoms with E-state index < -0.39 is 0 Å². The largest absolute Gasteiger partial charge is 0.384 e. The van der Waals surface area contributed by atoms with Gasteiger partial charge in [0.25, 0.3) is 5.91 Å². The number of para-hydroxylation sites is 1. The molecule has 0 atom stereocenters. The zero-order valence-corrected chi connectivity index (χ0v) is 13.2. The monoisotopic (exact) mass is 286 g/mol. The Morgan fingerprint density at radius 1 is 1.33 bits per heavy atom. The molecular weight excluding hydrogens is 260 g/mol. The molecule has 2 aliphatic rings. The first-order valence-corrected chi connectivity index (χ1v) is 8.34. The van der Waals surface area contributed by atoms with Crippen LogP contribution in [-0.4, -0.2) is 30.4 Å². The highest BCUT2D eigenvalue weighted by molar-refractivity contribution is 6.00. The predicted octanol–water partition coefficient (Wildman–Crippen LogP) is 3.70. The van der Waals surface area contributed by atoms with Crippen molar-refractivity contribution < 1.29 is 4.79 Å². The van der Waals surface area contributed by atoms with E-state index in [1.165, 1.54) is 18.4 Å². The molecule has 0 aromatic heterocycles. The zero-order chi connectivity index (χ0) is 14.9. The molecule has 1 fully saturated rings. The van der Waals surface area contributed by atoms with Crippen LogP contribution in [0.25, 0.3) is 0 Å². The summed E-state index contributed by atoms with van der Waals surface area (Å²) in [6.45, 7) is 7.31. The third-order valence-electron chi connectivity index (χ3n) is 5.53. The molecule has 1 amide bonds. The topological polar surface area (TPSA) is 32.3 Å². The lowest BCUT2D eigenvalue weighted by Gasteiger charge is -2.27. The lowest BCUT2D eigenvalue weighted by Crippen LogP contribution is -2.32. The predicted molar refractivity (Wildman–Crippen MR) is 86.8 cm³/mol. The first-order valence-electron chi connectivity index (χ1n) is 8.34. The first-order chi connectivity index (χ1) is 10.2. The van der Waals surface area contributed by atoms with E-state index in [9.17, 15) is 4.79 Å². The lowest BCUT2D eigenvalue weighted by atomic mass is 9.82. The van der Waals surface area contributed by atoms with Gasteiger partial charge in [-0.2, -0.15) is 0 Å². The van der Waals surface area contributed by atoms with Crippen LogP contribution in [0.15, 0.2) is 18.2 Å². The van der Waals surface area contributed by atoms with Gasteiger partial charge in [0.15, 0.2) is 0 Å². The summed E-state index contributed by atoms with van der Waals surface area (Å²) in [6, 6.07) is 6.16. The Morgan fingerprint density at radius 3 is 2.86 bits per heavy atom. The van der Waals surface area contributed by atoms with E-state index >= 15 is 0 Å². The van der Waals surface area contributed by atoms with Crippen LogP contribution in [0.5, 0.6) is 0 Å². The summed E-state index contributed by atoms with van der Waals surface area (Å²) in [5.41, 5.74) is 3.59. The zero-order valence-electron chi connectivity index (χ0n) is 13.2. The second kappa shape index (κ2) is 5.70. The highest BCUT2D eigenvalue weighted by atomic mass is 16.2. The molecule has 3 rings (SSSR count). The smallest absolute Gasteiger partial charge is 0.255 e.